The molecule has 1 aliphatic heterocycles. The van der Waals surface area contributed by atoms with Crippen LogP contribution in [0.2, 0.25) is 0 Å². The molecule has 35 heavy (non-hydrogen) atoms. The van der Waals surface area contributed by atoms with E-state index >= 15 is 0 Å². The van der Waals surface area contributed by atoms with E-state index in [9.17, 15) is 32.9 Å². The number of nitrogens with one attached hydrogen (secondary N) is 1. The molecule has 0 spiro atoms. The number of hydrogen-bond donors (Lipinski definition) is 2. The van der Waals surface area contributed by atoms with Crippen molar-refractivity contribution in [3.05, 3.63) is 39.9 Å². The molecule has 1 aliphatic rings. The fourth-order valence-electron chi connectivity index (χ4n) is 3.55. The molecule has 1 saturated heterocycles. The van der Waals surface area contributed by atoms with E-state index in [4.69, 9.17) is 14.6 Å². The fourth-order valence-corrected chi connectivity index (χ4v) is 5.61. The minimum Gasteiger partial charge on any atom is -0.445 e. The largest absolute Gasteiger partial charge is 0.445 e. The smallest absolute Gasteiger partial charge is 0.410 e. The average Bonchev–Trinajstić information content (AvgIpc) is 3.10. The maximum Gasteiger partial charge on any atom is 0.410 e. The summed E-state index contributed by atoms with van der Waals surface area (Å²) in [5.74, 6) is -0.574. The quantitative estimate of drug-likeness (QED) is 0.350. The van der Waals surface area contributed by atoms with Crippen LogP contribution < -0.4 is 10.5 Å². The lowest BCUT2D eigenvalue weighted by Gasteiger charge is -2.26. The number of likely N-dealkylation sites (tertiary alicyclic amines) is 1. The van der Waals surface area contributed by atoms with Gasteiger partial charge in [0, 0.05) is 37.4 Å². The number of carbonyl (C=O) groups excluding carboxylic acids is 3. The Morgan fingerprint density at radius 1 is 1.29 bits per heavy atom. The van der Waals surface area contributed by atoms with Gasteiger partial charge in [0.15, 0.2) is 5.12 Å². The van der Waals surface area contributed by atoms with E-state index in [1.165, 1.54) is 49.9 Å². The maximum absolute atomic E-state index is 12.7. The summed E-state index contributed by atoms with van der Waals surface area (Å²) in [6.07, 6.45) is -1.16. The van der Waals surface area contributed by atoms with Crippen LogP contribution in [0.4, 0.5) is 15.3 Å². The Morgan fingerprint density at radius 3 is 2.46 bits per heavy atom. The number of nitrogens with zero attached hydrogens (tertiary/aromatic N) is 2. The molecule has 0 unspecified atom stereocenters. The fraction of sp³-hybridized carbons (Fsp3) is 0.550. The second kappa shape index (κ2) is 11.7. The normalized spacial score (nSPS) is 18.1. The second-order valence-electron chi connectivity index (χ2n) is 8.59. The van der Waals surface area contributed by atoms with Gasteiger partial charge < -0.3 is 19.7 Å². The Labute approximate surface area is 206 Å². The Bertz CT molecular complexity index is 1060. The van der Waals surface area contributed by atoms with Gasteiger partial charge in [0.2, 0.25) is 10.0 Å². The number of nitro benzene ring substituents is 1. The lowest BCUT2D eigenvalue weighted by atomic mass is 10.2. The highest BCUT2D eigenvalue weighted by molar-refractivity contribution is 8.14. The SMILES string of the molecule is CC(=O)S[C@H]1C[C@@H](CNC(=O)OC(C)(C)CS(N)(=O)=O)N(C(=O)OCc2ccc([N+](=O)[O-])cc2)C1. The number of primary sulfonamides is 1. The lowest BCUT2D eigenvalue weighted by molar-refractivity contribution is -0.384. The third-order valence-electron chi connectivity index (χ3n) is 4.85. The highest BCUT2D eigenvalue weighted by Gasteiger charge is 2.38. The molecule has 13 nitrogen and oxygen atoms in total. The lowest BCUT2D eigenvalue weighted by Crippen LogP contribution is -2.46. The van der Waals surface area contributed by atoms with Gasteiger partial charge >= 0.3 is 12.2 Å². The van der Waals surface area contributed by atoms with Crippen molar-refractivity contribution < 1.29 is 37.2 Å². The first-order valence-corrected chi connectivity index (χ1v) is 13.1. The van der Waals surface area contributed by atoms with Crippen molar-refractivity contribution in [3.8, 4) is 0 Å². The van der Waals surface area contributed by atoms with Gasteiger partial charge in [0.05, 0.1) is 11.0 Å². The van der Waals surface area contributed by atoms with Crippen LogP contribution in [0.3, 0.4) is 0 Å². The summed E-state index contributed by atoms with van der Waals surface area (Å²) in [5, 5.41) is 18.0. The summed E-state index contributed by atoms with van der Waals surface area (Å²) >= 11 is 1.08. The van der Waals surface area contributed by atoms with Gasteiger partial charge in [-0.15, -0.1) is 0 Å². The zero-order chi connectivity index (χ0) is 26.4. The number of sulfonamides is 1. The number of thioether (sulfide) groups is 1. The maximum atomic E-state index is 12.7. The van der Waals surface area contributed by atoms with E-state index in [1.54, 1.807) is 0 Å². The van der Waals surface area contributed by atoms with Crippen molar-refractivity contribution in [2.75, 3.05) is 18.8 Å². The van der Waals surface area contributed by atoms with E-state index in [0.717, 1.165) is 11.8 Å². The van der Waals surface area contributed by atoms with E-state index in [2.05, 4.69) is 5.32 Å². The van der Waals surface area contributed by atoms with E-state index in [-0.39, 0.29) is 35.7 Å². The van der Waals surface area contributed by atoms with Crippen molar-refractivity contribution in [1.29, 1.82) is 0 Å². The third-order valence-corrected chi connectivity index (χ3v) is 6.96. The summed E-state index contributed by atoms with van der Waals surface area (Å²) < 4.78 is 33.1. The van der Waals surface area contributed by atoms with E-state index in [1.807, 2.05) is 0 Å². The van der Waals surface area contributed by atoms with Gasteiger partial charge in [-0.1, -0.05) is 11.8 Å². The molecule has 15 heteroatoms. The molecule has 2 rings (SSSR count). The number of ether oxygens (including phenoxy) is 2. The molecule has 2 amide bonds. The van der Waals surface area contributed by atoms with Gasteiger partial charge in [-0.3, -0.25) is 14.9 Å². The molecule has 1 fully saturated rings. The topological polar surface area (TPSA) is 188 Å². The minimum absolute atomic E-state index is 0.0219. The predicted molar refractivity (Wildman–Crippen MR) is 127 cm³/mol. The molecule has 0 radical (unpaired) electrons. The molecule has 0 aromatic heterocycles. The second-order valence-corrected chi connectivity index (χ2v) is 11.7. The van der Waals surface area contributed by atoms with Gasteiger partial charge in [-0.2, -0.15) is 0 Å². The van der Waals surface area contributed by atoms with Gasteiger partial charge in [0.1, 0.15) is 18.0 Å². The molecule has 0 bridgehead atoms. The number of alkyl carbamates (subject to hydrolysis) is 1. The monoisotopic (exact) mass is 532 g/mol. The van der Waals surface area contributed by atoms with Crippen molar-refractivity contribution >= 4 is 44.8 Å². The molecular formula is C20H28N4O9S2. The van der Waals surface area contributed by atoms with Crippen LogP contribution in [-0.2, 0) is 30.9 Å². The van der Waals surface area contributed by atoms with Crippen LogP contribution >= 0.6 is 11.8 Å². The first-order chi connectivity index (χ1) is 16.1. The predicted octanol–water partition coefficient (Wildman–Crippen LogP) is 1.75. The van der Waals surface area contributed by atoms with Crippen LogP contribution in [0.1, 0.15) is 32.8 Å². The van der Waals surface area contributed by atoms with Crippen LogP contribution in [0.5, 0.6) is 0 Å². The van der Waals surface area contributed by atoms with Crippen molar-refractivity contribution in [2.45, 2.75) is 50.7 Å². The summed E-state index contributed by atoms with van der Waals surface area (Å²) in [6, 6.07) is 5.04. The van der Waals surface area contributed by atoms with Crippen LogP contribution in [0, 0.1) is 10.1 Å². The number of nitrogens with two attached hydrogens (primary N) is 1. The summed E-state index contributed by atoms with van der Waals surface area (Å²) in [7, 11) is -3.88. The number of amides is 2. The summed E-state index contributed by atoms with van der Waals surface area (Å²) in [6.45, 7) is 4.27. The molecule has 1 aromatic carbocycles. The van der Waals surface area contributed by atoms with Crippen molar-refractivity contribution in [1.82, 2.24) is 10.2 Å². The molecule has 194 valence electrons. The third kappa shape index (κ3) is 9.70. The standard InChI is InChI=1S/C20H28N4O9S2/c1-13(25)34-17-8-16(9-22-18(26)33-20(2,3)12-35(21,30)31)23(10-17)19(27)32-11-14-4-6-15(7-5-14)24(28)29/h4-7,16-17H,8-12H2,1-3H3,(H,22,26)(H2,21,30,31)/t16-,17-/m0/s1. The Kier molecular flexibility index (Phi) is 9.45. The Hall–Kier alpha value is -2.91. The number of carbonyl (C=O) groups is 3. The van der Waals surface area contributed by atoms with E-state index < -0.39 is 44.5 Å². The summed E-state index contributed by atoms with van der Waals surface area (Å²) in [4.78, 5) is 48.1. The molecule has 1 heterocycles. The Morgan fingerprint density at radius 2 is 1.91 bits per heavy atom. The number of rotatable bonds is 9. The van der Waals surface area contributed by atoms with Gasteiger partial charge in [0.25, 0.3) is 5.69 Å². The van der Waals surface area contributed by atoms with Gasteiger partial charge in [-0.05, 0) is 38.0 Å². The highest BCUT2D eigenvalue weighted by Crippen LogP contribution is 2.29. The molecule has 2 atom stereocenters. The van der Waals surface area contributed by atoms with Gasteiger partial charge in [-0.25, -0.2) is 23.1 Å². The zero-order valence-corrected chi connectivity index (χ0v) is 21.1. The molecular weight excluding hydrogens is 504 g/mol. The first kappa shape index (κ1) is 28.3. The number of nitro groups is 1. The number of benzene rings is 1. The Balaban J connectivity index is 1.98. The molecule has 3 N–H and O–H groups in total. The zero-order valence-electron chi connectivity index (χ0n) is 19.5. The summed E-state index contributed by atoms with van der Waals surface area (Å²) in [5.41, 5.74) is -0.911. The average molecular weight is 533 g/mol. The number of hydrogen-bond acceptors (Lipinski definition) is 10. The van der Waals surface area contributed by atoms with Crippen LogP contribution in [0.15, 0.2) is 24.3 Å². The number of non-ortho nitro benzene ring substituents is 1. The van der Waals surface area contributed by atoms with Crippen molar-refractivity contribution in [2.24, 2.45) is 5.14 Å². The van der Waals surface area contributed by atoms with Crippen LogP contribution in [0.25, 0.3) is 0 Å². The van der Waals surface area contributed by atoms with Crippen molar-refractivity contribution in [3.63, 3.8) is 0 Å². The minimum atomic E-state index is -3.88. The highest BCUT2D eigenvalue weighted by atomic mass is 32.2. The first-order valence-electron chi connectivity index (χ1n) is 10.5. The molecule has 0 aliphatic carbocycles. The molecule has 1 aromatic rings. The molecule has 0 saturated carbocycles. The van der Waals surface area contributed by atoms with Crippen LogP contribution in [-0.4, -0.2) is 71.3 Å². The van der Waals surface area contributed by atoms with E-state index in [0.29, 0.717) is 12.0 Å².